The van der Waals surface area contributed by atoms with Crippen LogP contribution in [-0.4, -0.2) is 44.2 Å². The van der Waals surface area contributed by atoms with Crippen LogP contribution in [0.15, 0.2) is 28.7 Å². The standard InChI is InChI=1S/C24H39FN2O3S/c1-17(22(2,3)4)27(21(28)30-23(5,6)7)16-15-20(26-31(29)24(8,9)10)18-11-13-19(25)14-12-18/h11-14,17H,15-16H2,1-10H3/t17-,31?/m0/s1. The molecule has 7 heteroatoms. The summed E-state index contributed by atoms with van der Waals surface area (Å²) < 4.78 is 35.7. The number of halogens is 1. The molecule has 0 heterocycles. The van der Waals surface area contributed by atoms with Crippen LogP contribution in [0.25, 0.3) is 0 Å². The molecule has 1 amide bonds. The Bertz CT molecular complexity index is 759. The van der Waals surface area contributed by atoms with Crippen LogP contribution in [0.1, 0.15) is 81.2 Å². The lowest BCUT2D eigenvalue weighted by molar-refractivity contribution is 0.00604. The monoisotopic (exact) mass is 454 g/mol. The van der Waals surface area contributed by atoms with Gasteiger partial charge in [-0.15, -0.1) is 0 Å². The zero-order chi connectivity index (χ0) is 24.2. The Labute approximate surface area is 190 Å². The molecule has 0 spiro atoms. The van der Waals surface area contributed by atoms with Crippen molar-refractivity contribution in [1.82, 2.24) is 4.90 Å². The molecule has 0 fully saturated rings. The van der Waals surface area contributed by atoms with E-state index in [4.69, 9.17) is 4.74 Å². The maximum absolute atomic E-state index is 13.4. The molecule has 1 aromatic carbocycles. The van der Waals surface area contributed by atoms with Gasteiger partial charge in [-0.3, -0.25) is 0 Å². The summed E-state index contributed by atoms with van der Waals surface area (Å²) in [4.78, 5) is 14.7. The molecule has 31 heavy (non-hydrogen) atoms. The lowest BCUT2D eigenvalue weighted by atomic mass is 9.87. The van der Waals surface area contributed by atoms with Crippen molar-refractivity contribution in [2.24, 2.45) is 9.81 Å². The van der Waals surface area contributed by atoms with Crippen LogP contribution in [0.2, 0.25) is 0 Å². The van der Waals surface area contributed by atoms with Crippen LogP contribution in [0.4, 0.5) is 9.18 Å². The van der Waals surface area contributed by atoms with Crippen molar-refractivity contribution in [3.8, 4) is 0 Å². The van der Waals surface area contributed by atoms with Crippen LogP contribution >= 0.6 is 0 Å². The summed E-state index contributed by atoms with van der Waals surface area (Å²) >= 11 is -1.48. The van der Waals surface area contributed by atoms with Crippen LogP contribution in [0, 0.1) is 11.2 Å². The molecule has 0 bridgehead atoms. The highest BCUT2D eigenvalue weighted by Gasteiger charge is 2.33. The summed E-state index contributed by atoms with van der Waals surface area (Å²) in [5.41, 5.74) is 0.474. The van der Waals surface area contributed by atoms with Crippen molar-refractivity contribution in [2.75, 3.05) is 6.54 Å². The third-order valence-corrected chi connectivity index (χ3v) is 6.27. The van der Waals surface area contributed by atoms with Crippen LogP contribution < -0.4 is 0 Å². The Morgan fingerprint density at radius 2 is 1.61 bits per heavy atom. The summed E-state index contributed by atoms with van der Waals surface area (Å²) in [6.07, 6.45) is -0.0297. The topological polar surface area (TPSA) is 65.0 Å². The number of carbonyl (C=O) groups is 1. The average Bonchev–Trinajstić information content (AvgIpc) is 2.58. The minimum Gasteiger partial charge on any atom is -0.591 e. The highest BCUT2D eigenvalue weighted by atomic mass is 32.2. The summed E-state index contributed by atoms with van der Waals surface area (Å²) in [6, 6.07) is 5.85. The van der Waals surface area contributed by atoms with Crippen LogP contribution in [0.5, 0.6) is 0 Å². The largest absolute Gasteiger partial charge is 0.591 e. The molecule has 2 atom stereocenters. The number of hydrogen-bond acceptors (Lipinski definition) is 4. The molecule has 1 unspecified atom stereocenters. The minimum absolute atomic E-state index is 0.107. The van der Waals surface area contributed by atoms with Gasteiger partial charge in [-0.1, -0.05) is 37.3 Å². The highest BCUT2D eigenvalue weighted by molar-refractivity contribution is 7.91. The fourth-order valence-corrected chi connectivity index (χ4v) is 3.25. The van der Waals surface area contributed by atoms with Crippen molar-refractivity contribution < 1.29 is 18.5 Å². The first-order valence-electron chi connectivity index (χ1n) is 10.7. The molecule has 0 radical (unpaired) electrons. The summed E-state index contributed by atoms with van der Waals surface area (Å²) in [6.45, 7) is 19.6. The second-order valence-corrected chi connectivity index (χ2v) is 12.8. The van der Waals surface area contributed by atoms with Gasteiger partial charge in [0.2, 0.25) is 0 Å². The van der Waals surface area contributed by atoms with Gasteiger partial charge >= 0.3 is 6.09 Å². The molecule has 0 N–H and O–H groups in total. The van der Waals surface area contributed by atoms with Crippen molar-refractivity contribution in [3.63, 3.8) is 0 Å². The quantitative estimate of drug-likeness (QED) is 0.383. The van der Waals surface area contributed by atoms with E-state index in [1.807, 2.05) is 48.5 Å². The van der Waals surface area contributed by atoms with E-state index in [-0.39, 0.29) is 17.3 Å². The molecule has 176 valence electrons. The molecule has 1 aromatic rings. The summed E-state index contributed by atoms with van der Waals surface area (Å²) in [5, 5.41) is 0. The van der Waals surface area contributed by atoms with E-state index < -0.39 is 27.8 Å². The van der Waals surface area contributed by atoms with E-state index in [1.165, 1.54) is 12.1 Å². The number of ether oxygens (including phenoxy) is 1. The minimum atomic E-state index is -1.48. The van der Waals surface area contributed by atoms with E-state index in [0.29, 0.717) is 24.2 Å². The molecule has 0 saturated carbocycles. The number of rotatable bonds is 6. The van der Waals surface area contributed by atoms with Crippen molar-refractivity contribution in [3.05, 3.63) is 35.6 Å². The first-order chi connectivity index (χ1) is 13.9. The van der Waals surface area contributed by atoms with Gasteiger partial charge in [0.1, 0.15) is 33.2 Å². The lowest BCUT2D eigenvalue weighted by Crippen LogP contribution is -2.48. The smallest absolute Gasteiger partial charge is 0.410 e. The number of carbonyl (C=O) groups excluding carboxylic acids is 1. The summed E-state index contributed by atoms with van der Waals surface area (Å²) in [5.74, 6) is -0.350. The van der Waals surface area contributed by atoms with E-state index >= 15 is 0 Å². The van der Waals surface area contributed by atoms with Crippen LogP contribution in [0.3, 0.4) is 0 Å². The molecule has 0 aliphatic rings. The zero-order valence-electron chi connectivity index (χ0n) is 20.7. The van der Waals surface area contributed by atoms with E-state index in [0.717, 1.165) is 0 Å². The Morgan fingerprint density at radius 3 is 2.03 bits per heavy atom. The predicted molar refractivity (Wildman–Crippen MR) is 127 cm³/mol. The van der Waals surface area contributed by atoms with Gasteiger partial charge in [0.15, 0.2) is 0 Å². The Hall–Kier alpha value is -1.60. The van der Waals surface area contributed by atoms with E-state index in [1.54, 1.807) is 17.0 Å². The lowest BCUT2D eigenvalue weighted by Gasteiger charge is -2.38. The molecule has 0 aliphatic heterocycles. The molecule has 0 saturated heterocycles. The molecular weight excluding hydrogens is 415 g/mol. The third kappa shape index (κ3) is 9.19. The fourth-order valence-electron chi connectivity index (χ4n) is 2.58. The second-order valence-electron chi connectivity index (χ2n) is 10.9. The van der Waals surface area contributed by atoms with Crippen LogP contribution in [-0.2, 0) is 16.1 Å². The SMILES string of the molecule is C[C@H](N(CCC(=N[S+]([O-])C(C)(C)C)c1ccc(F)cc1)C(=O)OC(C)(C)C)C(C)(C)C. The van der Waals surface area contributed by atoms with Crippen molar-refractivity contribution in [1.29, 1.82) is 0 Å². The van der Waals surface area contributed by atoms with Gasteiger partial charge < -0.3 is 14.2 Å². The van der Waals surface area contributed by atoms with E-state index in [9.17, 15) is 13.7 Å². The molecule has 1 rings (SSSR count). The van der Waals surface area contributed by atoms with Gasteiger partial charge in [-0.05, 0) is 66.0 Å². The van der Waals surface area contributed by atoms with Gasteiger partial charge in [-0.2, -0.15) is 0 Å². The normalized spacial score (nSPS) is 15.4. The van der Waals surface area contributed by atoms with Gasteiger partial charge in [-0.25, -0.2) is 9.18 Å². The zero-order valence-corrected chi connectivity index (χ0v) is 21.5. The van der Waals surface area contributed by atoms with Crippen molar-refractivity contribution in [2.45, 2.75) is 92.0 Å². The first-order valence-corrected chi connectivity index (χ1v) is 11.8. The number of amides is 1. The number of hydrogen-bond donors (Lipinski definition) is 0. The Kier molecular flexibility index (Phi) is 9.15. The van der Waals surface area contributed by atoms with Gasteiger partial charge in [0.25, 0.3) is 0 Å². The molecule has 5 nitrogen and oxygen atoms in total. The Balaban J connectivity index is 3.26. The van der Waals surface area contributed by atoms with Gasteiger partial charge in [0.05, 0.1) is 0 Å². The summed E-state index contributed by atoms with van der Waals surface area (Å²) in [7, 11) is 0. The predicted octanol–water partition coefficient (Wildman–Crippen LogP) is 6.14. The van der Waals surface area contributed by atoms with Gasteiger partial charge in [0, 0.05) is 24.6 Å². The average molecular weight is 455 g/mol. The Morgan fingerprint density at radius 1 is 1.10 bits per heavy atom. The second kappa shape index (κ2) is 10.3. The number of benzene rings is 1. The fraction of sp³-hybridized carbons (Fsp3) is 0.667. The maximum Gasteiger partial charge on any atom is 0.410 e. The molecular formula is C24H39FN2O3S. The number of nitrogens with zero attached hydrogens (tertiary/aromatic N) is 2. The molecule has 0 aliphatic carbocycles. The van der Waals surface area contributed by atoms with Crippen molar-refractivity contribution >= 4 is 23.2 Å². The first kappa shape index (κ1) is 27.4. The maximum atomic E-state index is 13.4. The molecule has 0 aromatic heterocycles. The van der Waals surface area contributed by atoms with E-state index in [2.05, 4.69) is 25.2 Å². The highest BCUT2D eigenvalue weighted by Crippen LogP contribution is 2.27. The third-order valence-electron chi connectivity index (χ3n) is 4.83.